The standard InChI is InChI=1S/C12H13IO2S/c1-11-4-3-10(14)8-9(11)2-5-12(11,15)6-7-16-13/h8,15H,2-5H2,1H3/t11?,12-/m1/s1. The first kappa shape index (κ1) is 12.5. The Balaban J connectivity index is 2.40. The van der Waals surface area contributed by atoms with E-state index in [4.69, 9.17) is 0 Å². The summed E-state index contributed by atoms with van der Waals surface area (Å²) in [6.45, 7) is 2.03. The van der Waals surface area contributed by atoms with Crippen LogP contribution >= 0.6 is 30.1 Å². The number of hydrogen-bond acceptors (Lipinski definition) is 3. The molecule has 2 rings (SSSR count). The molecule has 0 radical (unpaired) electrons. The molecule has 1 saturated carbocycles. The van der Waals surface area contributed by atoms with Crippen molar-refractivity contribution in [3.8, 4) is 11.2 Å². The summed E-state index contributed by atoms with van der Waals surface area (Å²) in [6, 6.07) is 0. The third kappa shape index (κ3) is 1.83. The molecular formula is C12H13IO2S. The van der Waals surface area contributed by atoms with Crippen LogP contribution < -0.4 is 0 Å². The Morgan fingerprint density at radius 3 is 2.94 bits per heavy atom. The summed E-state index contributed by atoms with van der Waals surface area (Å²) >= 11 is 2.10. The van der Waals surface area contributed by atoms with E-state index in [-0.39, 0.29) is 11.2 Å². The van der Waals surface area contributed by atoms with Crippen LogP contribution in [0, 0.1) is 16.6 Å². The molecule has 0 aromatic heterocycles. The molecule has 1 fully saturated rings. The van der Waals surface area contributed by atoms with Crippen LogP contribution in [0.5, 0.6) is 0 Å². The first-order chi connectivity index (χ1) is 7.52. The van der Waals surface area contributed by atoms with Crippen LogP contribution in [0.25, 0.3) is 0 Å². The van der Waals surface area contributed by atoms with Gasteiger partial charge in [-0.3, -0.25) is 4.79 Å². The Hall–Kier alpha value is 0.01000. The maximum atomic E-state index is 11.4. The van der Waals surface area contributed by atoms with Crippen LogP contribution in [0.4, 0.5) is 0 Å². The van der Waals surface area contributed by atoms with Gasteiger partial charge in [-0.1, -0.05) is 18.4 Å². The highest BCUT2D eigenvalue weighted by Gasteiger charge is 2.54. The molecule has 0 aliphatic heterocycles. The summed E-state index contributed by atoms with van der Waals surface area (Å²) in [5.41, 5.74) is -0.183. The maximum absolute atomic E-state index is 11.4. The van der Waals surface area contributed by atoms with Crippen molar-refractivity contribution in [1.29, 1.82) is 0 Å². The molecule has 4 heteroatoms. The number of carbonyl (C=O) groups excluding carboxylic acids is 1. The summed E-state index contributed by atoms with van der Waals surface area (Å²) in [7, 11) is 1.39. The number of fused-ring (bicyclic) bond motifs is 1. The molecule has 0 bridgehead atoms. The van der Waals surface area contributed by atoms with E-state index in [1.54, 1.807) is 6.08 Å². The smallest absolute Gasteiger partial charge is 0.155 e. The molecule has 0 heterocycles. The maximum Gasteiger partial charge on any atom is 0.155 e. The highest BCUT2D eigenvalue weighted by Crippen LogP contribution is 2.54. The molecule has 1 N–H and O–H groups in total. The van der Waals surface area contributed by atoms with Gasteiger partial charge in [0, 0.05) is 33.0 Å². The van der Waals surface area contributed by atoms with Crippen LogP contribution in [-0.2, 0) is 4.79 Å². The van der Waals surface area contributed by atoms with Gasteiger partial charge in [-0.15, -0.1) is 0 Å². The van der Waals surface area contributed by atoms with Crippen molar-refractivity contribution in [1.82, 2.24) is 0 Å². The van der Waals surface area contributed by atoms with Gasteiger partial charge >= 0.3 is 0 Å². The van der Waals surface area contributed by atoms with E-state index in [1.807, 2.05) is 6.92 Å². The van der Waals surface area contributed by atoms with Crippen LogP contribution in [0.2, 0.25) is 0 Å². The second-order valence-electron chi connectivity index (χ2n) is 4.63. The molecular weight excluding hydrogens is 335 g/mol. The van der Waals surface area contributed by atoms with Crippen molar-refractivity contribution in [2.75, 3.05) is 0 Å². The number of hydrogen-bond donors (Lipinski definition) is 1. The van der Waals surface area contributed by atoms with Crippen molar-refractivity contribution < 1.29 is 9.90 Å². The lowest BCUT2D eigenvalue weighted by Gasteiger charge is -2.38. The summed E-state index contributed by atoms with van der Waals surface area (Å²) in [5.74, 6) is 3.16. The second-order valence-corrected chi connectivity index (χ2v) is 6.31. The minimum atomic E-state index is -0.947. The Morgan fingerprint density at radius 1 is 1.50 bits per heavy atom. The number of allylic oxidation sites excluding steroid dienone is 1. The molecule has 2 aliphatic rings. The fourth-order valence-electron chi connectivity index (χ4n) is 2.68. The summed E-state index contributed by atoms with van der Waals surface area (Å²) in [4.78, 5) is 11.4. The van der Waals surface area contributed by atoms with Gasteiger partial charge in [0.25, 0.3) is 0 Å². The topological polar surface area (TPSA) is 37.3 Å². The SMILES string of the molecule is CC12CCC(=O)C=C1CC[C@@]2(O)C#CSI. The van der Waals surface area contributed by atoms with Gasteiger partial charge in [-0.05, 0) is 39.5 Å². The van der Waals surface area contributed by atoms with Gasteiger partial charge in [0.2, 0.25) is 0 Å². The number of carbonyl (C=O) groups is 1. The van der Waals surface area contributed by atoms with Crippen molar-refractivity contribution in [2.24, 2.45) is 5.41 Å². The molecule has 0 aromatic carbocycles. The van der Waals surface area contributed by atoms with Gasteiger partial charge in [-0.25, -0.2) is 0 Å². The Bertz CT molecular complexity index is 420. The molecule has 0 aromatic rings. The van der Waals surface area contributed by atoms with E-state index in [0.717, 1.165) is 18.4 Å². The lowest BCUT2D eigenvalue weighted by atomic mass is 9.68. The minimum Gasteiger partial charge on any atom is -0.377 e. The third-order valence-corrected chi connectivity index (χ3v) is 4.72. The van der Waals surface area contributed by atoms with E-state index >= 15 is 0 Å². The van der Waals surface area contributed by atoms with Crippen molar-refractivity contribution in [3.63, 3.8) is 0 Å². The molecule has 2 nitrogen and oxygen atoms in total. The van der Waals surface area contributed by atoms with Gasteiger partial charge < -0.3 is 5.11 Å². The largest absolute Gasteiger partial charge is 0.377 e. The first-order valence-electron chi connectivity index (χ1n) is 5.28. The highest BCUT2D eigenvalue weighted by atomic mass is 127. The molecule has 0 spiro atoms. The van der Waals surface area contributed by atoms with Crippen molar-refractivity contribution >= 4 is 35.9 Å². The average molecular weight is 348 g/mol. The number of halogens is 1. The second kappa shape index (κ2) is 4.35. The summed E-state index contributed by atoms with van der Waals surface area (Å²) in [6.07, 6.45) is 4.41. The average Bonchev–Trinajstić information content (AvgIpc) is 2.51. The zero-order valence-corrected chi connectivity index (χ0v) is 12.0. The predicted molar refractivity (Wildman–Crippen MR) is 74.0 cm³/mol. The molecule has 16 heavy (non-hydrogen) atoms. The fourth-order valence-corrected chi connectivity index (χ4v) is 3.21. The Labute approximate surface area is 112 Å². The number of rotatable bonds is 0. The zero-order chi connectivity index (χ0) is 11.8. The van der Waals surface area contributed by atoms with Crippen LogP contribution in [0.1, 0.15) is 32.6 Å². The molecule has 2 aliphatic carbocycles. The van der Waals surface area contributed by atoms with Crippen molar-refractivity contribution in [2.45, 2.75) is 38.2 Å². The molecule has 86 valence electrons. The molecule has 0 amide bonds. The Morgan fingerprint density at radius 2 is 2.25 bits per heavy atom. The fraction of sp³-hybridized carbons (Fsp3) is 0.583. The normalized spacial score (nSPS) is 37.4. The van der Waals surface area contributed by atoms with Gasteiger partial charge in [0.05, 0.1) is 0 Å². The van der Waals surface area contributed by atoms with E-state index in [2.05, 4.69) is 32.4 Å². The number of ketones is 1. The molecule has 0 saturated heterocycles. The number of aliphatic hydroxyl groups is 1. The third-order valence-electron chi connectivity index (χ3n) is 3.88. The quantitative estimate of drug-likeness (QED) is 0.540. The van der Waals surface area contributed by atoms with Crippen LogP contribution in [0.15, 0.2) is 11.6 Å². The van der Waals surface area contributed by atoms with Crippen LogP contribution in [-0.4, -0.2) is 16.5 Å². The first-order valence-corrected chi connectivity index (χ1v) is 8.64. The molecule has 1 unspecified atom stereocenters. The lowest BCUT2D eigenvalue weighted by molar-refractivity contribution is -0.116. The van der Waals surface area contributed by atoms with Crippen LogP contribution in [0.3, 0.4) is 0 Å². The van der Waals surface area contributed by atoms with E-state index in [0.29, 0.717) is 12.8 Å². The molecule has 2 atom stereocenters. The monoisotopic (exact) mass is 348 g/mol. The minimum absolute atomic E-state index is 0.188. The van der Waals surface area contributed by atoms with E-state index < -0.39 is 5.60 Å². The van der Waals surface area contributed by atoms with Gasteiger partial charge in [-0.2, -0.15) is 0 Å². The predicted octanol–water partition coefficient (Wildman–Crippen LogP) is 2.85. The Kier molecular flexibility index (Phi) is 3.39. The highest BCUT2D eigenvalue weighted by molar-refractivity contribution is 14.2. The summed E-state index contributed by atoms with van der Waals surface area (Å²) < 4.78 is 0. The van der Waals surface area contributed by atoms with Gasteiger partial charge in [0.15, 0.2) is 5.78 Å². The van der Waals surface area contributed by atoms with E-state index in [9.17, 15) is 9.90 Å². The van der Waals surface area contributed by atoms with Crippen molar-refractivity contribution in [3.05, 3.63) is 11.6 Å². The van der Waals surface area contributed by atoms with Gasteiger partial charge in [0.1, 0.15) is 5.60 Å². The summed E-state index contributed by atoms with van der Waals surface area (Å²) in [5, 5.41) is 13.5. The lowest BCUT2D eigenvalue weighted by Crippen LogP contribution is -2.43. The van der Waals surface area contributed by atoms with E-state index in [1.165, 1.54) is 8.93 Å². The zero-order valence-electron chi connectivity index (χ0n) is 9.05.